The van der Waals surface area contributed by atoms with E-state index in [4.69, 9.17) is 14.7 Å². The molecule has 2 heterocycles. The van der Waals surface area contributed by atoms with Gasteiger partial charge in [-0.05, 0) is 36.6 Å². The Labute approximate surface area is 196 Å². The van der Waals surface area contributed by atoms with Crippen LogP contribution < -0.4 is 15.4 Å². The van der Waals surface area contributed by atoms with Crippen LogP contribution in [0.1, 0.15) is 24.1 Å². The van der Waals surface area contributed by atoms with Crippen molar-refractivity contribution in [3.8, 4) is 5.75 Å². The van der Waals surface area contributed by atoms with E-state index >= 15 is 0 Å². The maximum Gasteiger partial charge on any atom is 0.225 e. The summed E-state index contributed by atoms with van der Waals surface area (Å²) in [5.74, 6) is 2.05. The molecule has 0 spiro atoms. The topological polar surface area (TPSA) is 92.2 Å². The molecule has 8 heteroatoms. The first kappa shape index (κ1) is 21.4. The van der Waals surface area contributed by atoms with E-state index in [0.717, 1.165) is 39.6 Å². The molecule has 0 saturated carbocycles. The highest BCUT2D eigenvalue weighted by Gasteiger charge is 2.16. The lowest BCUT2D eigenvalue weighted by Gasteiger charge is -2.21. The van der Waals surface area contributed by atoms with Crippen molar-refractivity contribution in [2.45, 2.75) is 31.4 Å². The first-order valence-corrected chi connectivity index (χ1v) is 11.7. The van der Waals surface area contributed by atoms with E-state index in [1.807, 2.05) is 54.6 Å². The van der Waals surface area contributed by atoms with Gasteiger partial charge in [0.25, 0.3) is 0 Å². The summed E-state index contributed by atoms with van der Waals surface area (Å²) in [5.41, 5.74) is 3.00. The fourth-order valence-corrected chi connectivity index (χ4v) is 4.71. The van der Waals surface area contributed by atoms with E-state index in [1.165, 1.54) is 5.56 Å². The maximum absolute atomic E-state index is 9.73. The van der Waals surface area contributed by atoms with Crippen LogP contribution in [0.2, 0.25) is 0 Å². The smallest absolute Gasteiger partial charge is 0.225 e. The van der Waals surface area contributed by atoms with E-state index in [2.05, 4.69) is 27.8 Å². The van der Waals surface area contributed by atoms with Crippen molar-refractivity contribution < 1.29 is 9.84 Å². The highest BCUT2D eigenvalue weighted by Crippen LogP contribution is 2.31. The van der Waals surface area contributed by atoms with Crippen molar-refractivity contribution in [1.82, 2.24) is 15.0 Å². The largest absolute Gasteiger partial charge is 0.497 e. The Balaban J connectivity index is 1.43. The summed E-state index contributed by atoms with van der Waals surface area (Å²) < 4.78 is 6.37. The molecule has 1 unspecified atom stereocenters. The third kappa shape index (κ3) is 5.30. The Hall–Kier alpha value is -3.49. The van der Waals surface area contributed by atoms with E-state index in [1.54, 1.807) is 18.4 Å². The number of benzene rings is 2. The zero-order valence-electron chi connectivity index (χ0n) is 18.2. The van der Waals surface area contributed by atoms with Gasteiger partial charge in [0.2, 0.25) is 5.95 Å². The fraction of sp³-hybridized carbons (Fsp3) is 0.240. The number of methoxy groups -OCH3 is 1. The van der Waals surface area contributed by atoms with Crippen LogP contribution in [0.25, 0.3) is 10.2 Å². The van der Waals surface area contributed by atoms with Gasteiger partial charge >= 0.3 is 0 Å². The second kappa shape index (κ2) is 9.56. The highest BCUT2D eigenvalue weighted by atomic mass is 32.1. The molecular weight excluding hydrogens is 434 g/mol. The summed E-state index contributed by atoms with van der Waals surface area (Å²) in [6.45, 7) is 0. The van der Waals surface area contributed by atoms with Crippen LogP contribution in [0.15, 0.2) is 66.7 Å². The first-order chi connectivity index (χ1) is 16.1. The number of aliphatic hydroxyl groups is 1. The van der Waals surface area contributed by atoms with Crippen molar-refractivity contribution in [2.24, 2.45) is 0 Å². The second-order valence-electron chi connectivity index (χ2n) is 7.99. The highest BCUT2D eigenvalue weighted by molar-refractivity contribution is 7.22. The Kier molecular flexibility index (Phi) is 6.19. The molecule has 5 rings (SSSR count). The Bertz CT molecular complexity index is 1270. The minimum Gasteiger partial charge on any atom is -0.497 e. The van der Waals surface area contributed by atoms with Crippen molar-refractivity contribution in [2.75, 3.05) is 17.7 Å². The van der Waals surface area contributed by atoms with Crippen LogP contribution in [0.5, 0.6) is 5.75 Å². The molecule has 0 fully saturated rings. The number of ether oxygens (including phenoxy) is 1. The van der Waals surface area contributed by atoms with Crippen LogP contribution in [0.3, 0.4) is 0 Å². The van der Waals surface area contributed by atoms with Crippen molar-refractivity contribution >= 4 is 38.5 Å². The SMILES string of the molecule is COc1ccc2nc(Nc3cc(Cc4ccccc4)nc(N[C@H]4C=CC(O)CC4)n3)sc2c1. The first-order valence-electron chi connectivity index (χ1n) is 10.9. The molecule has 0 amide bonds. The third-order valence-corrected chi connectivity index (χ3v) is 6.42. The molecule has 4 aromatic rings. The van der Waals surface area contributed by atoms with Gasteiger partial charge in [0, 0.05) is 18.5 Å². The number of nitrogens with zero attached hydrogens (tertiary/aromatic N) is 3. The van der Waals surface area contributed by atoms with Crippen LogP contribution >= 0.6 is 11.3 Å². The molecule has 2 aromatic heterocycles. The molecule has 168 valence electrons. The molecule has 1 aliphatic carbocycles. The fourth-order valence-electron chi connectivity index (χ4n) is 3.81. The molecule has 2 atom stereocenters. The number of thiazole rings is 1. The van der Waals surface area contributed by atoms with E-state index in [-0.39, 0.29) is 12.1 Å². The number of aliphatic hydroxyl groups excluding tert-OH is 1. The number of hydrogen-bond donors (Lipinski definition) is 3. The van der Waals surface area contributed by atoms with Gasteiger partial charge in [-0.3, -0.25) is 0 Å². The van der Waals surface area contributed by atoms with Crippen molar-refractivity contribution in [1.29, 1.82) is 0 Å². The van der Waals surface area contributed by atoms with Gasteiger partial charge in [0.05, 0.1) is 29.1 Å². The number of hydrogen-bond acceptors (Lipinski definition) is 8. The lowest BCUT2D eigenvalue weighted by atomic mass is 10.0. The Morgan fingerprint density at radius 2 is 1.91 bits per heavy atom. The van der Waals surface area contributed by atoms with Gasteiger partial charge in [0.1, 0.15) is 11.6 Å². The summed E-state index contributed by atoms with van der Waals surface area (Å²) in [7, 11) is 1.66. The summed E-state index contributed by atoms with van der Waals surface area (Å²) in [6.07, 6.45) is 5.68. The molecule has 3 N–H and O–H groups in total. The Morgan fingerprint density at radius 1 is 1.03 bits per heavy atom. The molecular formula is C25H25N5O2S. The predicted octanol–water partition coefficient (Wildman–Crippen LogP) is 4.92. The maximum atomic E-state index is 9.73. The minimum absolute atomic E-state index is 0.0862. The van der Waals surface area contributed by atoms with Crippen LogP contribution in [-0.4, -0.2) is 39.3 Å². The lowest BCUT2D eigenvalue weighted by Crippen LogP contribution is -2.24. The number of anilines is 3. The number of rotatable bonds is 7. The molecule has 0 bridgehead atoms. The predicted molar refractivity (Wildman–Crippen MR) is 133 cm³/mol. The van der Waals surface area contributed by atoms with Crippen LogP contribution in [0, 0.1) is 0 Å². The minimum atomic E-state index is -0.372. The number of aromatic nitrogens is 3. The Morgan fingerprint density at radius 3 is 2.70 bits per heavy atom. The average Bonchev–Trinajstić information content (AvgIpc) is 3.22. The van der Waals surface area contributed by atoms with Gasteiger partial charge in [-0.15, -0.1) is 0 Å². The summed E-state index contributed by atoms with van der Waals surface area (Å²) in [5, 5.41) is 17.3. The normalized spacial score (nSPS) is 17.8. The molecule has 2 aromatic carbocycles. The summed E-state index contributed by atoms with van der Waals surface area (Å²) in [6, 6.07) is 18.1. The van der Waals surface area contributed by atoms with Gasteiger partial charge in [-0.1, -0.05) is 53.8 Å². The van der Waals surface area contributed by atoms with Crippen LogP contribution in [0.4, 0.5) is 16.9 Å². The molecule has 7 nitrogen and oxygen atoms in total. The number of nitrogens with one attached hydrogen (secondary N) is 2. The summed E-state index contributed by atoms with van der Waals surface area (Å²) >= 11 is 1.55. The van der Waals surface area contributed by atoms with Crippen molar-refractivity contribution in [3.63, 3.8) is 0 Å². The van der Waals surface area contributed by atoms with E-state index < -0.39 is 0 Å². The quantitative estimate of drug-likeness (QED) is 0.338. The average molecular weight is 460 g/mol. The standard InChI is InChI=1S/C25H25N5O2S/c1-32-20-11-12-21-22(15-20)33-25(28-21)30-23-14-18(13-16-5-3-2-4-6-16)27-24(29-23)26-17-7-9-19(31)10-8-17/h2-7,9,11-12,14-15,17,19,31H,8,10,13H2,1H3,(H2,26,27,28,29,30)/t17-,19?/m0/s1. The molecule has 0 radical (unpaired) electrons. The number of fused-ring (bicyclic) bond motifs is 1. The molecule has 0 saturated heterocycles. The monoisotopic (exact) mass is 459 g/mol. The molecule has 33 heavy (non-hydrogen) atoms. The molecule has 1 aliphatic rings. The van der Waals surface area contributed by atoms with Gasteiger partial charge < -0.3 is 20.5 Å². The zero-order valence-corrected chi connectivity index (χ0v) is 19.0. The summed E-state index contributed by atoms with van der Waals surface area (Å²) in [4.78, 5) is 14.1. The third-order valence-electron chi connectivity index (χ3n) is 5.49. The second-order valence-corrected chi connectivity index (χ2v) is 9.02. The van der Waals surface area contributed by atoms with Gasteiger partial charge in [-0.25, -0.2) is 9.97 Å². The lowest BCUT2D eigenvalue weighted by molar-refractivity contribution is 0.202. The van der Waals surface area contributed by atoms with Crippen molar-refractivity contribution in [3.05, 3.63) is 78.0 Å². The van der Waals surface area contributed by atoms with E-state index in [9.17, 15) is 5.11 Å². The molecule has 0 aliphatic heterocycles. The van der Waals surface area contributed by atoms with Gasteiger partial charge in [0.15, 0.2) is 5.13 Å². The van der Waals surface area contributed by atoms with E-state index in [0.29, 0.717) is 18.2 Å². The van der Waals surface area contributed by atoms with Gasteiger partial charge in [-0.2, -0.15) is 4.98 Å². The zero-order chi connectivity index (χ0) is 22.6. The van der Waals surface area contributed by atoms with Crippen LogP contribution in [-0.2, 0) is 6.42 Å².